The Kier molecular flexibility index (Phi) is 7.13. The van der Waals surface area contributed by atoms with E-state index in [1.807, 2.05) is 72.8 Å². The fourth-order valence-corrected chi connectivity index (χ4v) is 4.21. The fourth-order valence-electron chi connectivity index (χ4n) is 3.38. The summed E-state index contributed by atoms with van der Waals surface area (Å²) in [6.45, 7) is 3.84. The normalized spacial score (nSPS) is 14.7. The number of para-hydroxylation sites is 1. The van der Waals surface area contributed by atoms with E-state index in [2.05, 4.69) is 19.2 Å². The van der Waals surface area contributed by atoms with Crippen molar-refractivity contribution in [2.45, 2.75) is 19.8 Å². The van der Waals surface area contributed by atoms with Crippen molar-refractivity contribution in [1.29, 1.82) is 0 Å². The maximum absolute atomic E-state index is 12.8. The molecule has 0 spiro atoms. The molecular formula is C27H24N2O4S. The number of rotatable bonds is 7. The topological polar surface area (TPSA) is 75.7 Å². The van der Waals surface area contributed by atoms with Crippen LogP contribution in [0.15, 0.2) is 83.8 Å². The minimum atomic E-state index is -0.491. The third-order valence-electron chi connectivity index (χ3n) is 5.17. The Morgan fingerprint density at radius 3 is 2.38 bits per heavy atom. The lowest BCUT2D eigenvalue weighted by atomic mass is 10.0. The summed E-state index contributed by atoms with van der Waals surface area (Å²) in [6.07, 6.45) is 1.63. The van der Waals surface area contributed by atoms with Gasteiger partial charge in [0.05, 0.1) is 4.91 Å². The summed E-state index contributed by atoms with van der Waals surface area (Å²) in [7, 11) is 0. The number of carbonyl (C=O) groups excluding carboxylic acids is 3. The number of amides is 3. The standard InChI is InChI=1S/C27H24N2O4S/c1-18(2)20-11-13-21(14-12-20)28-25(30)17-29-26(31)24(34-27(29)32)16-19-7-6-10-23(15-19)33-22-8-4-3-5-9-22/h3-16,18H,17H2,1-2H3,(H,28,30)/b24-16+. The molecule has 4 rings (SSSR count). The van der Waals surface area contributed by atoms with Crippen LogP contribution in [-0.4, -0.2) is 28.5 Å². The number of anilines is 1. The average molecular weight is 473 g/mol. The van der Waals surface area contributed by atoms with Gasteiger partial charge in [-0.2, -0.15) is 0 Å². The van der Waals surface area contributed by atoms with E-state index in [0.717, 1.165) is 22.2 Å². The van der Waals surface area contributed by atoms with Crippen LogP contribution in [0.5, 0.6) is 11.5 Å². The number of nitrogens with zero attached hydrogens (tertiary/aromatic N) is 1. The Hall–Kier alpha value is -3.84. The van der Waals surface area contributed by atoms with E-state index < -0.39 is 17.1 Å². The largest absolute Gasteiger partial charge is 0.457 e. The second kappa shape index (κ2) is 10.4. The summed E-state index contributed by atoms with van der Waals surface area (Å²) in [6, 6.07) is 24.1. The maximum atomic E-state index is 12.8. The number of ether oxygens (including phenoxy) is 1. The SMILES string of the molecule is CC(C)c1ccc(NC(=O)CN2C(=O)S/C(=C/c3cccc(Oc4ccccc4)c3)C2=O)cc1. The van der Waals surface area contributed by atoms with Crippen LogP contribution in [-0.2, 0) is 9.59 Å². The van der Waals surface area contributed by atoms with Crippen molar-refractivity contribution >= 4 is 40.6 Å². The molecule has 0 unspecified atom stereocenters. The molecule has 0 aliphatic carbocycles. The molecular weight excluding hydrogens is 448 g/mol. The summed E-state index contributed by atoms with van der Waals surface area (Å²) in [5.74, 6) is 0.776. The highest BCUT2D eigenvalue weighted by Gasteiger charge is 2.36. The van der Waals surface area contributed by atoms with Gasteiger partial charge in [0.1, 0.15) is 18.0 Å². The van der Waals surface area contributed by atoms with E-state index >= 15 is 0 Å². The van der Waals surface area contributed by atoms with Crippen molar-refractivity contribution < 1.29 is 19.1 Å². The van der Waals surface area contributed by atoms with Crippen LogP contribution in [0.25, 0.3) is 6.08 Å². The van der Waals surface area contributed by atoms with Crippen molar-refractivity contribution in [3.63, 3.8) is 0 Å². The van der Waals surface area contributed by atoms with Gasteiger partial charge >= 0.3 is 0 Å². The van der Waals surface area contributed by atoms with Gasteiger partial charge in [-0.3, -0.25) is 19.3 Å². The molecule has 1 N–H and O–H groups in total. The molecule has 34 heavy (non-hydrogen) atoms. The molecule has 0 bridgehead atoms. The summed E-state index contributed by atoms with van der Waals surface area (Å²) in [5.41, 5.74) is 2.49. The molecule has 172 valence electrons. The third kappa shape index (κ3) is 5.74. The van der Waals surface area contributed by atoms with Crippen LogP contribution < -0.4 is 10.1 Å². The molecule has 3 aromatic rings. The molecule has 1 aliphatic heterocycles. The van der Waals surface area contributed by atoms with Crippen LogP contribution in [0.2, 0.25) is 0 Å². The van der Waals surface area contributed by atoms with Crippen molar-refractivity contribution in [1.82, 2.24) is 4.90 Å². The number of hydrogen-bond acceptors (Lipinski definition) is 5. The molecule has 0 saturated carbocycles. The molecule has 7 heteroatoms. The average Bonchev–Trinajstić information content (AvgIpc) is 3.07. The van der Waals surface area contributed by atoms with Gasteiger partial charge in [0.15, 0.2) is 0 Å². The molecule has 0 radical (unpaired) electrons. The first-order chi connectivity index (χ1) is 16.4. The molecule has 3 aromatic carbocycles. The molecule has 1 saturated heterocycles. The Bertz CT molecular complexity index is 1240. The number of nitrogens with one attached hydrogen (secondary N) is 1. The minimum absolute atomic E-state index is 0.260. The van der Waals surface area contributed by atoms with E-state index in [1.165, 1.54) is 0 Å². The van der Waals surface area contributed by atoms with Gasteiger partial charge in [-0.25, -0.2) is 0 Å². The molecule has 0 aromatic heterocycles. The predicted molar refractivity (Wildman–Crippen MR) is 135 cm³/mol. The van der Waals surface area contributed by atoms with Gasteiger partial charge < -0.3 is 10.1 Å². The molecule has 1 fully saturated rings. The zero-order valence-corrected chi connectivity index (χ0v) is 19.7. The quantitative estimate of drug-likeness (QED) is 0.410. The highest BCUT2D eigenvalue weighted by atomic mass is 32.2. The lowest BCUT2D eigenvalue weighted by Crippen LogP contribution is -2.36. The minimum Gasteiger partial charge on any atom is -0.457 e. The third-order valence-corrected chi connectivity index (χ3v) is 6.08. The van der Waals surface area contributed by atoms with E-state index in [9.17, 15) is 14.4 Å². The van der Waals surface area contributed by atoms with Crippen LogP contribution >= 0.6 is 11.8 Å². The van der Waals surface area contributed by atoms with E-state index in [1.54, 1.807) is 12.1 Å². The smallest absolute Gasteiger partial charge is 0.294 e. The van der Waals surface area contributed by atoms with Crippen LogP contribution in [0.3, 0.4) is 0 Å². The number of thioether (sulfide) groups is 1. The summed E-state index contributed by atoms with van der Waals surface area (Å²) in [4.78, 5) is 38.9. The fraction of sp³-hybridized carbons (Fsp3) is 0.148. The van der Waals surface area contributed by atoms with E-state index in [-0.39, 0.29) is 11.4 Å². The highest BCUT2D eigenvalue weighted by molar-refractivity contribution is 8.18. The number of imide groups is 1. The highest BCUT2D eigenvalue weighted by Crippen LogP contribution is 2.33. The Labute approximate surface area is 202 Å². The van der Waals surface area contributed by atoms with Crippen molar-refractivity contribution in [3.8, 4) is 11.5 Å². The molecule has 1 aliphatic rings. The van der Waals surface area contributed by atoms with Gasteiger partial charge in [-0.05, 0) is 71.3 Å². The maximum Gasteiger partial charge on any atom is 0.294 e. The Morgan fingerprint density at radius 1 is 0.971 bits per heavy atom. The first-order valence-electron chi connectivity index (χ1n) is 10.9. The number of carbonyl (C=O) groups is 3. The van der Waals surface area contributed by atoms with Gasteiger partial charge in [0, 0.05) is 5.69 Å². The first-order valence-corrected chi connectivity index (χ1v) is 11.7. The van der Waals surface area contributed by atoms with Crippen molar-refractivity contribution in [2.24, 2.45) is 0 Å². The monoisotopic (exact) mass is 472 g/mol. The Morgan fingerprint density at radius 2 is 1.68 bits per heavy atom. The van der Waals surface area contributed by atoms with Gasteiger partial charge in [-0.1, -0.05) is 56.3 Å². The van der Waals surface area contributed by atoms with Gasteiger partial charge in [-0.15, -0.1) is 0 Å². The summed E-state index contributed by atoms with van der Waals surface area (Å²) < 4.78 is 5.83. The van der Waals surface area contributed by atoms with Crippen molar-refractivity contribution in [3.05, 3.63) is 94.9 Å². The summed E-state index contributed by atoms with van der Waals surface area (Å²) in [5, 5.41) is 2.27. The lowest BCUT2D eigenvalue weighted by Gasteiger charge is -2.13. The van der Waals surface area contributed by atoms with Crippen LogP contribution in [0, 0.1) is 0 Å². The molecule has 6 nitrogen and oxygen atoms in total. The first kappa shape index (κ1) is 23.3. The second-order valence-corrected chi connectivity index (χ2v) is 9.07. The molecule has 3 amide bonds. The number of hydrogen-bond donors (Lipinski definition) is 1. The van der Waals surface area contributed by atoms with E-state index in [4.69, 9.17) is 4.74 Å². The van der Waals surface area contributed by atoms with Gasteiger partial charge in [0.2, 0.25) is 5.91 Å². The van der Waals surface area contributed by atoms with Crippen LogP contribution in [0.4, 0.5) is 10.5 Å². The molecule has 0 atom stereocenters. The zero-order chi connectivity index (χ0) is 24.1. The van der Waals surface area contributed by atoms with Gasteiger partial charge in [0.25, 0.3) is 11.1 Å². The molecule has 1 heterocycles. The second-order valence-electron chi connectivity index (χ2n) is 8.08. The lowest BCUT2D eigenvalue weighted by molar-refractivity contribution is -0.127. The zero-order valence-electron chi connectivity index (χ0n) is 18.9. The Balaban J connectivity index is 1.41. The predicted octanol–water partition coefficient (Wildman–Crippen LogP) is 6.28. The summed E-state index contributed by atoms with van der Waals surface area (Å²) >= 11 is 0.818. The van der Waals surface area contributed by atoms with Crippen molar-refractivity contribution in [2.75, 3.05) is 11.9 Å². The van der Waals surface area contributed by atoms with E-state index in [0.29, 0.717) is 28.7 Å². The van der Waals surface area contributed by atoms with Crippen LogP contribution in [0.1, 0.15) is 30.9 Å². The number of benzene rings is 3.